The molecule has 2 aromatic heterocycles. The van der Waals surface area contributed by atoms with Gasteiger partial charge in [0.25, 0.3) is 11.8 Å². The van der Waals surface area contributed by atoms with Crippen LogP contribution in [-0.2, 0) is 0 Å². The van der Waals surface area contributed by atoms with E-state index in [0.29, 0.717) is 46.8 Å². The minimum Gasteiger partial charge on any atom is -0.364 e. The number of benzene rings is 2. The zero-order valence-corrected chi connectivity index (χ0v) is 17.5. The van der Waals surface area contributed by atoms with E-state index in [1.165, 1.54) is 0 Å². The van der Waals surface area contributed by atoms with Crippen LogP contribution in [0.2, 0.25) is 5.02 Å². The summed E-state index contributed by atoms with van der Waals surface area (Å²) in [7, 11) is 0. The summed E-state index contributed by atoms with van der Waals surface area (Å²) < 4.78 is 5.28. The van der Waals surface area contributed by atoms with Crippen molar-refractivity contribution in [2.75, 3.05) is 18.4 Å². The summed E-state index contributed by atoms with van der Waals surface area (Å²) in [6.07, 6.45) is 2.50. The molecule has 2 aromatic carbocycles. The van der Waals surface area contributed by atoms with Gasteiger partial charge in [0.2, 0.25) is 0 Å². The van der Waals surface area contributed by atoms with Crippen LogP contribution in [0.3, 0.4) is 0 Å². The van der Waals surface area contributed by atoms with Crippen molar-refractivity contribution in [2.45, 2.75) is 19.4 Å². The monoisotopic (exact) mass is 434 g/mol. The van der Waals surface area contributed by atoms with Crippen LogP contribution in [0.1, 0.15) is 22.6 Å². The fourth-order valence-corrected chi connectivity index (χ4v) is 3.92. The Morgan fingerprint density at radius 3 is 2.90 bits per heavy atom. The minimum absolute atomic E-state index is 0.0602. The highest BCUT2D eigenvalue weighted by Gasteiger charge is 2.29. The molecule has 3 heterocycles. The Morgan fingerprint density at radius 2 is 2.06 bits per heavy atom. The second kappa shape index (κ2) is 7.96. The van der Waals surface area contributed by atoms with E-state index < -0.39 is 0 Å². The van der Waals surface area contributed by atoms with Crippen molar-refractivity contribution in [1.29, 1.82) is 0 Å². The summed E-state index contributed by atoms with van der Waals surface area (Å²) >= 11 is 6.01. The molecule has 156 valence electrons. The molecule has 0 aliphatic carbocycles. The van der Waals surface area contributed by atoms with Gasteiger partial charge in [-0.05, 0) is 43.7 Å². The van der Waals surface area contributed by atoms with E-state index in [1.807, 2.05) is 29.2 Å². The van der Waals surface area contributed by atoms with Crippen LogP contribution < -0.4 is 5.32 Å². The van der Waals surface area contributed by atoms with Crippen LogP contribution in [0.4, 0.5) is 5.82 Å². The molecule has 0 saturated carbocycles. The molecule has 0 bridgehead atoms. The maximum Gasteiger partial charge on any atom is 0.258 e. The minimum atomic E-state index is -0.0602. The van der Waals surface area contributed by atoms with Gasteiger partial charge in [-0.1, -0.05) is 28.9 Å². The summed E-state index contributed by atoms with van der Waals surface area (Å²) in [6.45, 7) is 2.96. The number of carbonyl (C=O) groups is 1. The van der Waals surface area contributed by atoms with Gasteiger partial charge in [-0.3, -0.25) is 9.78 Å². The second-order valence-corrected chi connectivity index (χ2v) is 7.90. The van der Waals surface area contributed by atoms with Gasteiger partial charge in [0, 0.05) is 24.2 Å². The number of nitrogens with one attached hydrogen (secondary N) is 1. The van der Waals surface area contributed by atoms with Gasteiger partial charge in [-0.15, -0.1) is 0 Å². The molecule has 5 rings (SSSR count). The molecule has 31 heavy (non-hydrogen) atoms. The number of rotatable bonds is 4. The number of halogens is 1. The lowest BCUT2D eigenvalue weighted by Gasteiger charge is -2.18. The highest BCUT2D eigenvalue weighted by molar-refractivity contribution is 6.31. The summed E-state index contributed by atoms with van der Waals surface area (Å²) in [4.78, 5) is 28.3. The van der Waals surface area contributed by atoms with Gasteiger partial charge < -0.3 is 14.7 Å². The normalized spacial score (nSPS) is 16.1. The third-order valence-electron chi connectivity index (χ3n) is 5.25. The van der Waals surface area contributed by atoms with Crippen molar-refractivity contribution >= 4 is 34.4 Å². The van der Waals surface area contributed by atoms with Crippen molar-refractivity contribution < 1.29 is 9.32 Å². The smallest absolute Gasteiger partial charge is 0.258 e. The number of fused-ring (bicyclic) bond motifs is 1. The van der Waals surface area contributed by atoms with Gasteiger partial charge in [0.1, 0.15) is 5.82 Å². The first kappa shape index (κ1) is 19.4. The van der Waals surface area contributed by atoms with E-state index in [4.69, 9.17) is 16.1 Å². The first-order chi connectivity index (χ1) is 15.1. The molecular weight excluding hydrogens is 416 g/mol. The lowest BCUT2D eigenvalue weighted by molar-refractivity contribution is 0.0792. The molecule has 1 N–H and O–H groups in total. The molecule has 1 aliphatic rings. The number of carbonyl (C=O) groups excluding carboxylic acids is 1. The SMILES string of the molecule is Cc1noc(-c2ccccc2C(=O)N2CC[C@@H](Nc3cnc4cc(Cl)ccc4n3)C2)n1. The van der Waals surface area contributed by atoms with Crippen molar-refractivity contribution in [3.8, 4) is 11.5 Å². The molecule has 1 atom stereocenters. The van der Waals surface area contributed by atoms with E-state index in [2.05, 4.69) is 25.4 Å². The zero-order valence-electron chi connectivity index (χ0n) is 16.7. The van der Waals surface area contributed by atoms with E-state index in [9.17, 15) is 4.79 Å². The Balaban J connectivity index is 1.31. The number of aromatic nitrogens is 4. The summed E-state index contributed by atoms with van der Waals surface area (Å²) in [6, 6.07) is 12.8. The number of aryl methyl sites for hydroxylation is 1. The number of likely N-dealkylation sites (tertiary alicyclic amines) is 1. The molecule has 9 heteroatoms. The van der Waals surface area contributed by atoms with Crippen LogP contribution in [-0.4, -0.2) is 50.0 Å². The summed E-state index contributed by atoms with van der Waals surface area (Å²) in [5.74, 6) is 1.49. The molecule has 0 unspecified atom stereocenters. The number of amides is 1. The average Bonchev–Trinajstić information content (AvgIpc) is 3.42. The summed E-state index contributed by atoms with van der Waals surface area (Å²) in [5, 5.41) is 7.86. The van der Waals surface area contributed by atoms with Gasteiger partial charge >= 0.3 is 0 Å². The summed E-state index contributed by atoms with van der Waals surface area (Å²) in [5.41, 5.74) is 2.70. The molecule has 1 saturated heterocycles. The van der Waals surface area contributed by atoms with Crippen LogP contribution in [0.25, 0.3) is 22.5 Å². The van der Waals surface area contributed by atoms with Crippen LogP contribution >= 0.6 is 11.6 Å². The van der Waals surface area contributed by atoms with Gasteiger partial charge in [-0.2, -0.15) is 4.98 Å². The van der Waals surface area contributed by atoms with E-state index >= 15 is 0 Å². The topological polar surface area (TPSA) is 97.0 Å². The van der Waals surface area contributed by atoms with Crippen molar-refractivity contribution in [3.05, 3.63) is 65.1 Å². The van der Waals surface area contributed by atoms with E-state index in [-0.39, 0.29) is 11.9 Å². The second-order valence-electron chi connectivity index (χ2n) is 7.46. The van der Waals surface area contributed by atoms with Crippen molar-refractivity contribution in [2.24, 2.45) is 0 Å². The first-order valence-corrected chi connectivity index (χ1v) is 10.3. The van der Waals surface area contributed by atoms with Gasteiger partial charge in [0.15, 0.2) is 5.82 Å². The maximum atomic E-state index is 13.2. The van der Waals surface area contributed by atoms with Crippen molar-refractivity contribution in [1.82, 2.24) is 25.0 Å². The Bertz CT molecular complexity index is 1270. The Hall–Kier alpha value is -3.52. The highest BCUT2D eigenvalue weighted by atomic mass is 35.5. The fourth-order valence-electron chi connectivity index (χ4n) is 3.76. The number of hydrogen-bond acceptors (Lipinski definition) is 7. The van der Waals surface area contributed by atoms with Crippen LogP contribution in [0.5, 0.6) is 0 Å². The lowest BCUT2D eigenvalue weighted by Crippen LogP contribution is -2.32. The number of anilines is 1. The lowest BCUT2D eigenvalue weighted by atomic mass is 10.1. The Kier molecular flexibility index (Phi) is 4.99. The van der Waals surface area contributed by atoms with Crippen LogP contribution in [0, 0.1) is 6.92 Å². The standard InChI is InChI=1S/C22H19ClN6O2/c1-13-25-21(31-28-13)16-4-2-3-5-17(16)22(30)29-9-8-15(12-29)26-20-11-24-19-10-14(23)6-7-18(19)27-20/h2-7,10-11,15H,8-9,12H2,1H3,(H,26,27)/t15-/m1/s1. The largest absolute Gasteiger partial charge is 0.364 e. The average molecular weight is 435 g/mol. The first-order valence-electron chi connectivity index (χ1n) is 9.94. The predicted octanol–water partition coefficient (Wildman–Crippen LogP) is 3.97. The third kappa shape index (κ3) is 3.94. The Morgan fingerprint density at radius 1 is 1.19 bits per heavy atom. The molecule has 0 radical (unpaired) electrons. The predicted molar refractivity (Wildman–Crippen MR) is 117 cm³/mol. The molecular formula is C22H19ClN6O2. The molecule has 1 aliphatic heterocycles. The van der Waals surface area contributed by atoms with Gasteiger partial charge in [0.05, 0.1) is 28.4 Å². The zero-order chi connectivity index (χ0) is 21.4. The number of nitrogens with zero attached hydrogens (tertiary/aromatic N) is 5. The molecule has 4 aromatic rings. The van der Waals surface area contributed by atoms with E-state index in [0.717, 1.165) is 17.5 Å². The van der Waals surface area contributed by atoms with Crippen LogP contribution in [0.15, 0.2) is 53.2 Å². The quantitative estimate of drug-likeness (QED) is 0.519. The Labute approximate surface area is 183 Å². The fraction of sp³-hybridized carbons (Fsp3) is 0.227. The molecule has 0 spiro atoms. The number of hydrogen-bond donors (Lipinski definition) is 1. The van der Waals surface area contributed by atoms with E-state index in [1.54, 1.807) is 31.3 Å². The third-order valence-corrected chi connectivity index (χ3v) is 5.48. The van der Waals surface area contributed by atoms with Gasteiger partial charge in [-0.25, -0.2) is 4.98 Å². The molecule has 8 nitrogen and oxygen atoms in total. The molecule has 1 amide bonds. The molecule has 1 fully saturated rings. The maximum absolute atomic E-state index is 13.2. The highest BCUT2D eigenvalue weighted by Crippen LogP contribution is 2.25. The van der Waals surface area contributed by atoms with Crippen molar-refractivity contribution in [3.63, 3.8) is 0 Å².